The number of hydrogen-bond acceptors (Lipinski definition) is 2. The van der Waals surface area contributed by atoms with Gasteiger partial charge in [0.1, 0.15) is 0 Å². The molecule has 2 unspecified atom stereocenters. The summed E-state index contributed by atoms with van der Waals surface area (Å²) < 4.78 is 0. The lowest BCUT2D eigenvalue weighted by molar-refractivity contribution is 0.281. The van der Waals surface area contributed by atoms with Crippen molar-refractivity contribution in [3.63, 3.8) is 0 Å². The number of nitrogens with zero attached hydrogens (tertiary/aromatic N) is 1. The SMILES string of the molecule is CCCC1C(N)CCN1C. The average molecular weight is 142 g/mol. The highest BCUT2D eigenvalue weighted by atomic mass is 15.2. The van der Waals surface area contributed by atoms with Crippen molar-refractivity contribution in [3.8, 4) is 0 Å². The minimum Gasteiger partial charge on any atom is -0.326 e. The van der Waals surface area contributed by atoms with Gasteiger partial charge in [-0.1, -0.05) is 13.3 Å². The zero-order valence-corrected chi connectivity index (χ0v) is 7.01. The van der Waals surface area contributed by atoms with Gasteiger partial charge < -0.3 is 10.6 Å². The van der Waals surface area contributed by atoms with E-state index in [-0.39, 0.29) is 0 Å². The van der Waals surface area contributed by atoms with Crippen molar-refractivity contribution < 1.29 is 0 Å². The van der Waals surface area contributed by atoms with E-state index in [9.17, 15) is 0 Å². The first kappa shape index (κ1) is 8.02. The molecule has 60 valence electrons. The van der Waals surface area contributed by atoms with Crippen LogP contribution < -0.4 is 5.73 Å². The lowest BCUT2D eigenvalue weighted by atomic mass is 10.1. The predicted octanol–water partition coefficient (Wildman–Crippen LogP) is 0.818. The van der Waals surface area contributed by atoms with Crippen molar-refractivity contribution in [2.75, 3.05) is 13.6 Å². The van der Waals surface area contributed by atoms with Crippen LogP contribution in [0.2, 0.25) is 0 Å². The van der Waals surface area contributed by atoms with E-state index in [0.717, 1.165) is 0 Å². The van der Waals surface area contributed by atoms with Gasteiger partial charge in [0.05, 0.1) is 0 Å². The summed E-state index contributed by atoms with van der Waals surface area (Å²) >= 11 is 0. The fraction of sp³-hybridized carbons (Fsp3) is 1.00. The maximum Gasteiger partial charge on any atom is 0.0244 e. The fourth-order valence-corrected chi connectivity index (χ4v) is 1.77. The summed E-state index contributed by atoms with van der Waals surface area (Å²) in [6.45, 7) is 3.41. The van der Waals surface area contributed by atoms with Crippen LogP contribution >= 0.6 is 0 Å². The van der Waals surface area contributed by atoms with Crippen LogP contribution in [0.1, 0.15) is 26.2 Å². The first-order chi connectivity index (χ1) is 4.75. The zero-order valence-electron chi connectivity index (χ0n) is 7.01. The van der Waals surface area contributed by atoms with E-state index in [0.29, 0.717) is 12.1 Å². The molecular formula is C8H18N2. The molecule has 0 bridgehead atoms. The predicted molar refractivity (Wildman–Crippen MR) is 43.9 cm³/mol. The summed E-state index contributed by atoms with van der Waals surface area (Å²) in [4.78, 5) is 2.38. The Labute approximate surface area is 63.4 Å². The topological polar surface area (TPSA) is 29.3 Å². The summed E-state index contributed by atoms with van der Waals surface area (Å²) in [5.74, 6) is 0. The Morgan fingerprint density at radius 1 is 1.60 bits per heavy atom. The van der Waals surface area contributed by atoms with E-state index in [4.69, 9.17) is 5.73 Å². The Bertz CT molecular complexity index is 93.4. The van der Waals surface area contributed by atoms with Gasteiger partial charge in [-0.3, -0.25) is 0 Å². The molecule has 0 saturated carbocycles. The lowest BCUT2D eigenvalue weighted by Gasteiger charge is -2.21. The largest absolute Gasteiger partial charge is 0.326 e. The molecule has 0 aromatic carbocycles. The van der Waals surface area contributed by atoms with Gasteiger partial charge in [0.15, 0.2) is 0 Å². The normalized spacial score (nSPS) is 35.1. The van der Waals surface area contributed by atoms with E-state index in [1.54, 1.807) is 0 Å². The van der Waals surface area contributed by atoms with Crippen molar-refractivity contribution in [1.29, 1.82) is 0 Å². The molecule has 0 amide bonds. The lowest BCUT2D eigenvalue weighted by Crippen LogP contribution is -2.37. The monoisotopic (exact) mass is 142 g/mol. The first-order valence-electron chi connectivity index (χ1n) is 4.21. The van der Waals surface area contributed by atoms with Crippen molar-refractivity contribution in [3.05, 3.63) is 0 Å². The standard InChI is InChI=1S/C8H18N2/c1-3-4-8-7(9)5-6-10(8)2/h7-8H,3-6,9H2,1-2H3. The van der Waals surface area contributed by atoms with E-state index in [2.05, 4.69) is 18.9 Å². The second kappa shape index (κ2) is 3.35. The zero-order chi connectivity index (χ0) is 7.56. The molecule has 1 aliphatic rings. The molecule has 0 radical (unpaired) electrons. The third kappa shape index (κ3) is 1.50. The van der Waals surface area contributed by atoms with Crippen LogP contribution in [-0.4, -0.2) is 30.6 Å². The van der Waals surface area contributed by atoms with Gasteiger partial charge in [0.25, 0.3) is 0 Å². The van der Waals surface area contributed by atoms with E-state index >= 15 is 0 Å². The van der Waals surface area contributed by atoms with Gasteiger partial charge in [-0.25, -0.2) is 0 Å². The molecule has 0 aromatic heterocycles. The molecule has 1 aliphatic heterocycles. The number of likely N-dealkylation sites (tertiary alicyclic amines) is 1. The van der Waals surface area contributed by atoms with Gasteiger partial charge in [0.2, 0.25) is 0 Å². The van der Waals surface area contributed by atoms with Crippen LogP contribution in [-0.2, 0) is 0 Å². The molecule has 1 fully saturated rings. The van der Waals surface area contributed by atoms with E-state index in [1.807, 2.05) is 0 Å². The first-order valence-corrected chi connectivity index (χ1v) is 4.21. The average Bonchev–Trinajstić information content (AvgIpc) is 2.20. The molecule has 2 N–H and O–H groups in total. The van der Waals surface area contributed by atoms with Crippen LogP contribution in [0.3, 0.4) is 0 Å². The highest BCUT2D eigenvalue weighted by molar-refractivity contribution is 4.87. The quantitative estimate of drug-likeness (QED) is 0.618. The Hall–Kier alpha value is -0.0800. The number of nitrogens with two attached hydrogens (primary N) is 1. The van der Waals surface area contributed by atoms with Crippen molar-refractivity contribution in [2.45, 2.75) is 38.3 Å². The Morgan fingerprint density at radius 3 is 2.70 bits per heavy atom. The van der Waals surface area contributed by atoms with Gasteiger partial charge in [-0.2, -0.15) is 0 Å². The summed E-state index contributed by atoms with van der Waals surface area (Å²) in [6, 6.07) is 1.09. The molecule has 0 spiro atoms. The van der Waals surface area contributed by atoms with Crippen LogP contribution in [0.15, 0.2) is 0 Å². The second-order valence-corrected chi connectivity index (χ2v) is 3.29. The highest BCUT2D eigenvalue weighted by Crippen LogP contribution is 2.17. The second-order valence-electron chi connectivity index (χ2n) is 3.29. The molecule has 1 rings (SSSR count). The minimum atomic E-state index is 0.435. The Kier molecular flexibility index (Phi) is 2.69. The molecule has 1 saturated heterocycles. The van der Waals surface area contributed by atoms with E-state index in [1.165, 1.54) is 25.8 Å². The van der Waals surface area contributed by atoms with Crippen molar-refractivity contribution >= 4 is 0 Å². The maximum atomic E-state index is 5.91. The summed E-state index contributed by atoms with van der Waals surface area (Å²) in [7, 11) is 2.17. The number of hydrogen-bond donors (Lipinski definition) is 1. The fourth-order valence-electron chi connectivity index (χ4n) is 1.77. The Morgan fingerprint density at radius 2 is 2.30 bits per heavy atom. The van der Waals surface area contributed by atoms with Crippen LogP contribution in [0.25, 0.3) is 0 Å². The molecule has 2 heteroatoms. The summed E-state index contributed by atoms with van der Waals surface area (Å²) in [5.41, 5.74) is 5.91. The molecule has 1 heterocycles. The van der Waals surface area contributed by atoms with E-state index < -0.39 is 0 Å². The van der Waals surface area contributed by atoms with Gasteiger partial charge in [-0.05, 0) is 26.4 Å². The summed E-state index contributed by atoms with van der Waals surface area (Å²) in [5, 5.41) is 0. The molecule has 0 aliphatic carbocycles. The van der Waals surface area contributed by atoms with Gasteiger partial charge >= 0.3 is 0 Å². The molecular weight excluding hydrogens is 124 g/mol. The highest BCUT2D eigenvalue weighted by Gasteiger charge is 2.27. The number of likely N-dealkylation sites (N-methyl/N-ethyl adjacent to an activating group) is 1. The van der Waals surface area contributed by atoms with Crippen LogP contribution in [0.5, 0.6) is 0 Å². The molecule has 0 aromatic rings. The van der Waals surface area contributed by atoms with Gasteiger partial charge in [0, 0.05) is 12.1 Å². The Balaban J connectivity index is 2.38. The van der Waals surface area contributed by atoms with Crippen molar-refractivity contribution in [2.24, 2.45) is 5.73 Å². The maximum absolute atomic E-state index is 5.91. The van der Waals surface area contributed by atoms with Crippen molar-refractivity contribution in [1.82, 2.24) is 4.90 Å². The third-order valence-corrected chi connectivity index (χ3v) is 2.46. The third-order valence-electron chi connectivity index (χ3n) is 2.46. The van der Waals surface area contributed by atoms with Crippen LogP contribution in [0, 0.1) is 0 Å². The molecule has 2 nitrogen and oxygen atoms in total. The van der Waals surface area contributed by atoms with Crippen LogP contribution in [0.4, 0.5) is 0 Å². The summed E-state index contributed by atoms with van der Waals surface area (Å²) in [6.07, 6.45) is 3.70. The smallest absolute Gasteiger partial charge is 0.0244 e. The minimum absolute atomic E-state index is 0.435. The van der Waals surface area contributed by atoms with Gasteiger partial charge in [-0.15, -0.1) is 0 Å². The number of rotatable bonds is 2. The molecule has 10 heavy (non-hydrogen) atoms. The molecule has 2 atom stereocenters.